The summed E-state index contributed by atoms with van der Waals surface area (Å²) < 4.78 is 1.90. The minimum absolute atomic E-state index is 0.105. The lowest BCUT2D eigenvalue weighted by Gasteiger charge is -2.62. The average molecular weight is 278 g/mol. The predicted octanol–water partition coefficient (Wildman–Crippen LogP) is 1.40. The summed E-state index contributed by atoms with van der Waals surface area (Å²) in [6.45, 7) is 13.7. The number of aromatic nitrogens is 3. The standard InChI is InChI=1S/C14H26N6/c1-7-15-12(16-8-11-18-17-10-19(11)6)20-9-13(2,3)14(20,4)5/h10H,7-9H2,1-6H3,(H,15,16). The van der Waals surface area contributed by atoms with Crippen molar-refractivity contribution in [2.45, 2.75) is 46.7 Å². The number of nitrogens with zero attached hydrogens (tertiary/aromatic N) is 5. The number of nitrogens with one attached hydrogen (secondary N) is 1. The second-order valence-corrected chi connectivity index (χ2v) is 6.56. The van der Waals surface area contributed by atoms with Crippen LogP contribution in [0, 0.1) is 5.41 Å². The van der Waals surface area contributed by atoms with Crippen molar-refractivity contribution < 1.29 is 0 Å². The Morgan fingerprint density at radius 1 is 1.40 bits per heavy atom. The molecule has 0 spiro atoms. The lowest BCUT2D eigenvalue weighted by atomic mass is 9.65. The lowest BCUT2D eigenvalue weighted by molar-refractivity contribution is -0.0668. The van der Waals surface area contributed by atoms with Crippen LogP contribution in [0.25, 0.3) is 0 Å². The van der Waals surface area contributed by atoms with Gasteiger partial charge in [-0.05, 0) is 20.8 Å². The Labute approximate surface area is 121 Å². The van der Waals surface area contributed by atoms with Gasteiger partial charge in [0, 0.05) is 31.1 Å². The molecule has 1 fully saturated rings. The molecule has 0 aliphatic carbocycles. The van der Waals surface area contributed by atoms with E-state index in [4.69, 9.17) is 4.99 Å². The summed E-state index contributed by atoms with van der Waals surface area (Å²) in [5, 5.41) is 11.3. The zero-order valence-electron chi connectivity index (χ0n) is 13.4. The van der Waals surface area contributed by atoms with E-state index in [9.17, 15) is 0 Å². The molecule has 1 saturated heterocycles. The van der Waals surface area contributed by atoms with E-state index in [0.29, 0.717) is 12.0 Å². The normalized spacial score (nSPS) is 20.7. The van der Waals surface area contributed by atoms with Crippen LogP contribution >= 0.6 is 0 Å². The summed E-state index contributed by atoms with van der Waals surface area (Å²) in [7, 11) is 1.94. The molecule has 2 rings (SSSR count). The molecule has 0 aromatic carbocycles. The molecule has 0 radical (unpaired) electrons. The number of likely N-dealkylation sites (tertiary alicyclic amines) is 1. The van der Waals surface area contributed by atoms with E-state index in [1.807, 2.05) is 11.6 Å². The van der Waals surface area contributed by atoms with Gasteiger partial charge in [0.15, 0.2) is 11.8 Å². The van der Waals surface area contributed by atoms with Crippen molar-refractivity contribution in [1.29, 1.82) is 0 Å². The molecule has 6 nitrogen and oxygen atoms in total. The van der Waals surface area contributed by atoms with E-state index < -0.39 is 0 Å². The number of hydrogen-bond donors (Lipinski definition) is 1. The highest BCUT2D eigenvalue weighted by Gasteiger charge is 2.53. The fraction of sp³-hybridized carbons (Fsp3) is 0.786. The third kappa shape index (κ3) is 2.39. The minimum Gasteiger partial charge on any atom is -0.356 e. The maximum absolute atomic E-state index is 4.71. The van der Waals surface area contributed by atoms with Gasteiger partial charge in [0.25, 0.3) is 0 Å². The first kappa shape index (κ1) is 14.8. The minimum atomic E-state index is 0.105. The monoisotopic (exact) mass is 278 g/mol. The van der Waals surface area contributed by atoms with Gasteiger partial charge in [0.1, 0.15) is 12.9 Å². The fourth-order valence-corrected chi connectivity index (χ4v) is 2.39. The van der Waals surface area contributed by atoms with Gasteiger partial charge in [-0.25, -0.2) is 4.99 Å². The van der Waals surface area contributed by atoms with Crippen molar-refractivity contribution in [3.8, 4) is 0 Å². The highest BCUT2D eigenvalue weighted by atomic mass is 15.4. The molecule has 0 unspecified atom stereocenters. The fourth-order valence-electron chi connectivity index (χ4n) is 2.39. The molecule has 1 N–H and O–H groups in total. The molecule has 1 aromatic rings. The lowest BCUT2D eigenvalue weighted by Crippen LogP contribution is -2.72. The van der Waals surface area contributed by atoms with Gasteiger partial charge in [-0.1, -0.05) is 13.8 Å². The predicted molar refractivity (Wildman–Crippen MR) is 80.4 cm³/mol. The third-order valence-corrected chi connectivity index (χ3v) is 4.65. The van der Waals surface area contributed by atoms with E-state index in [1.165, 1.54) is 0 Å². The van der Waals surface area contributed by atoms with Crippen molar-refractivity contribution in [3.63, 3.8) is 0 Å². The van der Waals surface area contributed by atoms with E-state index in [2.05, 4.69) is 55.0 Å². The smallest absolute Gasteiger partial charge is 0.194 e. The zero-order valence-corrected chi connectivity index (χ0v) is 13.4. The maximum Gasteiger partial charge on any atom is 0.194 e. The molecule has 0 amide bonds. The highest BCUT2D eigenvalue weighted by molar-refractivity contribution is 5.82. The molecular formula is C14H26N6. The molecular weight excluding hydrogens is 252 g/mol. The van der Waals surface area contributed by atoms with Crippen molar-refractivity contribution in [3.05, 3.63) is 12.2 Å². The summed E-state index contributed by atoms with van der Waals surface area (Å²) in [4.78, 5) is 7.05. The van der Waals surface area contributed by atoms with Gasteiger partial charge in [-0.15, -0.1) is 10.2 Å². The SMILES string of the molecule is CCNC(=NCc1nncn1C)N1CC(C)(C)C1(C)C. The van der Waals surface area contributed by atoms with Gasteiger partial charge in [0.05, 0.1) is 0 Å². The van der Waals surface area contributed by atoms with Crippen LogP contribution in [0.2, 0.25) is 0 Å². The highest BCUT2D eigenvalue weighted by Crippen LogP contribution is 2.46. The Morgan fingerprint density at radius 3 is 2.55 bits per heavy atom. The number of aryl methyl sites for hydroxylation is 1. The van der Waals surface area contributed by atoms with Crippen LogP contribution < -0.4 is 5.32 Å². The van der Waals surface area contributed by atoms with Gasteiger partial charge in [0.2, 0.25) is 0 Å². The van der Waals surface area contributed by atoms with Crippen LogP contribution in [0.15, 0.2) is 11.3 Å². The average Bonchev–Trinajstić information content (AvgIpc) is 2.77. The summed E-state index contributed by atoms with van der Waals surface area (Å²) in [5.74, 6) is 1.83. The van der Waals surface area contributed by atoms with Crippen LogP contribution in [0.4, 0.5) is 0 Å². The topological polar surface area (TPSA) is 58.3 Å². The van der Waals surface area contributed by atoms with Crippen LogP contribution in [-0.4, -0.2) is 44.3 Å². The van der Waals surface area contributed by atoms with E-state index >= 15 is 0 Å². The molecule has 0 bridgehead atoms. The van der Waals surface area contributed by atoms with E-state index in [0.717, 1.165) is 24.9 Å². The number of guanidine groups is 1. The molecule has 1 aliphatic rings. The largest absolute Gasteiger partial charge is 0.356 e. The number of rotatable bonds is 3. The Bertz CT molecular complexity index is 500. The first-order valence-corrected chi connectivity index (χ1v) is 7.18. The summed E-state index contributed by atoms with van der Waals surface area (Å²) >= 11 is 0. The van der Waals surface area contributed by atoms with Gasteiger partial charge in [-0.2, -0.15) is 0 Å². The summed E-state index contributed by atoms with van der Waals surface area (Å²) in [6, 6.07) is 0. The van der Waals surface area contributed by atoms with Crippen LogP contribution in [0.1, 0.15) is 40.4 Å². The van der Waals surface area contributed by atoms with Gasteiger partial charge >= 0.3 is 0 Å². The molecule has 0 atom stereocenters. The second-order valence-electron chi connectivity index (χ2n) is 6.56. The molecule has 1 aromatic heterocycles. The van der Waals surface area contributed by atoms with Gasteiger partial charge < -0.3 is 14.8 Å². The number of hydrogen-bond acceptors (Lipinski definition) is 3. The third-order valence-electron chi connectivity index (χ3n) is 4.65. The Hall–Kier alpha value is -1.59. The first-order chi connectivity index (χ1) is 9.29. The molecule has 2 heterocycles. The molecule has 112 valence electrons. The first-order valence-electron chi connectivity index (χ1n) is 7.18. The zero-order chi connectivity index (χ0) is 15.0. The van der Waals surface area contributed by atoms with E-state index in [-0.39, 0.29) is 5.54 Å². The van der Waals surface area contributed by atoms with Crippen molar-refractivity contribution >= 4 is 5.96 Å². The van der Waals surface area contributed by atoms with Crippen LogP contribution in [0.3, 0.4) is 0 Å². The summed E-state index contributed by atoms with van der Waals surface area (Å²) in [6.07, 6.45) is 1.70. The molecule has 6 heteroatoms. The van der Waals surface area contributed by atoms with E-state index in [1.54, 1.807) is 6.33 Å². The van der Waals surface area contributed by atoms with Crippen molar-refractivity contribution in [2.24, 2.45) is 17.5 Å². The second kappa shape index (κ2) is 5.07. The van der Waals surface area contributed by atoms with Crippen LogP contribution in [0.5, 0.6) is 0 Å². The summed E-state index contributed by atoms with van der Waals surface area (Å²) in [5.41, 5.74) is 0.405. The van der Waals surface area contributed by atoms with Crippen molar-refractivity contribution in [1.82, 2.24) is 25.0 Å². The Morgan fingerprint density at radius 2 is 2.10 bits per heavy atom. The van der Waals surface area contributed by atoms with Crippen LogP contribution in [-0.2, 0) is 13.6 Å². The van der Waals surface area contributed by atoms with Gasteiger partial charge in [-0.3, -0.25) is 0 Å². The number of aliphatic imine (C=N–C) groups is 1. The Balaban J connectivity index is 2.14. The van der Waals surface area contributed by atoms with Crippen molar-refractivity contribution in [2.75, 3.05) is 13.1 Å². The molecule has 1 aliphatic heterocycles. The quantitative estimate of drug-likeness (QED) is 0.671. The maximum atomic E-state index is 4.71. The Kier molecular flexibility index (Phi) is 3.75. The molecule has 20 heavy (non-hydrogen) atoms. The molecule has 0 saturated carbocycles.